The van der Waals surface area contributed by atoms with Gasteiger partial charge in [-0.05, 0) is 19.1 Å². The molecule has 2 rings (SSSR count). The lowest BCUT2D eigenvalue weighted by molar-refractivity contribution is -0.157. The van der Waals surface area contributed by atoms with E-state index in [0.29, 0.717) is 5.69 Å². The van der Waals surface area contributed by atoms with E-state index in [9.17, 15) is 19.2 Å². The largest absolute Gasteiger partial charge is 0.451 e. The first kappa shape index (κ1) is 18.1. The van der Waals surface area contributed by atoms with Gasteiger partial charge in [0.1, 0.15) is 6.54 Å². The Morgan fingerprint density at radius 1 is 1.32 bits per heavy atom. The van der Waals surface area contributed by atoms with Gasteiger partial charge in [0.15, 0.2) is 6.10 Å². The molecule has 0 fully saturated rings. The summed E-state index contributed by atoms with van der Waals surface area (Å²) >= 11 is 0. The number of anilines is 1. The van der Waals surface area contributed by atoms with Gasteiger partial charge in [0.25, 0.3) is 17.6 Å². The topological polar surface area (TPSA) is 108 Å². The molecule has 1 aliphatic rings. The van der Waals surface area contributed by atoms with Gasteiger partial charge in [-0.2, -0.15) is 5.26 Å². The van der Waals surface area contributed by atoms with Crippen LogP contribution in [0.25, 0.3) is 0 Å². The first-order chi connectivity index (χ1) is 11.9. The summed E-state index contributed by atoms with van der Waals surface area (Å²) < 4.78 is 5.06. The highest BCUT2D eigenvalue weighted by atomic mass is 16.5. The Kier molecular flexibility index (Phi) is 5.49. The first-order valence-corrected chi connectivity index (χ1v) is 7.63. The molecule has 1 aliphatic heterocycles. The first-order valence-electron chi connectivity index (χ1n) is 7.63. The van der Waals surface area contributed by atoms with Crippen molar-refractivity contribution in [1.29, 1.82) is 5.26 Å². The molecule has 1 aromatic carbocycles. The fraction of sp³-hybridized carbons (Fsp3) is 0.353. The van der Waals surface area contributed by atoms with Crippen LogP contribution < -0.4 is 4.90 Å². The molecule has 8 nitrogen and oxygen atoms in total. The van der Waals surface area contributed by atoms with Crippen molar-refractivity contribution >= 4 is 29.3 Å². The molecular weight excluding hydrogens is 326 g/mol. The second-order valence-electron chi connectivity index (χ2n) is 5.54. The smallest absolute Gasteiger partial charge is 0.326 e. The van der Waals surface area contributed by atoms with Crippen molar-refractivity contribution in [3.05, 3.63) is 29.8 Å². The Balaban J connectivity index is 1.99. The number of Topliss-reactive ketones (excluding diaryl/α,β-unsaturated/α-hetero) is 1. The maximum absolute atomic E-state index is 12.1. The molecule has 25 heavy (non-hydrogen) atoms. The maximum atomic E-state index is 12.1. The SMILES string of the molecule is C[C@@H](OC(=O)CN1C(=O)C(=O)c2ccccc21)C(=O)N(C)CCC#N. The number of fused-ring (bicyclic) bond motifs is 1. The van der Waals surface area contributed by atoms with Crippen molar-refractivity contribution in [2.75, 3.05) is 25.0 Å². The zero-order chi connectivity index (χ0) is 18.6. The summed E-state index contributed by atoms with van der Waals surface area (Å²) in [4.78, 5) is 50.3. The molecule has 0 spiro atoms. The highest BCUT2D eigenvalue weighted by Crippen LogP contribution is 2.28. The summed E-state index contributed by atoms with van der Waals surface area (Å²) in [5.74, 6) is -2.73. The number of rotatable bonds is 6. The quantitative estimate of drug-likeness (QED) is 0.550. The van der Waals surface area contributed by atoms with E-state index in [1.165, 1.54) is 24.9 Å². The summed E-state index contributed by atoms with van der Waals surface area (Å²) in [5.41, 5.74) is 0.584. The molecule has 0 N–H and O–H groups in total. The highest BCUT2D eigenvalue weighted by Gasteiger charge is 2.37. The number of carbonyl (C=O) groups is 4. The Morgan fingerprint density at radius 2 is 2.00 bits per heavy atom. The Hall–Kier alpha value is -3.21. The van der Waals surface area contributed by atoms with Crippen LogP contribution in [0.3, 0.4) is 0 Å². The minimum absolute atomic E-state index is 0.171. The third-order valence-electron chi connectivity index (χ3n) is 3.76. The van der Waals surface area contributed by atoms with Crippen molar-refractivity contribution in [2.24, 2.45) is 0 Å². The Labute approximate surface area is 144 Å². The van der Waals surface area contributed by atoms with Crippen molar-refractivity contribution in [3.63, 3.8) is 0 Å². The van der Waals surface area contributed by atoms with E-state index in [2.05, 4.69) is 0 Å². The van der Waals surface area contributed by atoms with E-state index < -0.39 is 36.2 Å². The molecule has 0 radical (unpaired) electrons. The minimum atomic E-state index is -1.06. The molecule has 1 aromatic rings. The van der Waals surface area contributed by atoms with Gasteiger partial charge in [-0.3, -0.25) is 24.1 Å². The lowest BCUT2D eigenvalue weighted by Gasteiger charge is -2.22. The monoisotopic (exact) mass is 343 g/mol. The summed E-state index contributed by atoms with van der Waals surface area (Å²) in [5, 5.41) is 8.53. The number of likely N-dealkylation sites (N-methyl/N-ethyl adjacent to an activating group) is 1. The van der Waals surface area contributed by atoms with Crippen LogP contribution in [0.5, 0.6) is 0 Å². The van der Waals surface area contributed by atoms with E-state index in [-0.39, 0.29) is 18.5 Å². The zero-order valence-electron chi connectivity index (χ0n) is 13.9. The summed E-state index contributed by atoms with van der Waals surface area (Å²) in [7, 11) is 1.50. The molecule has 2 amide bonds. The molecule has 0 saturated heterocycles. The summed E-state index contributed by atoms with van der Waals surface area (Å²) in [6, 6.07) is 8.28. The second-order valence-corrected chi connectivity index (χ2v) is 5.54. The lowest BCUT2D eigenvalue weighted by atomic mass is 10.1. The lowest BCUT2D eigenvalue weighted by Crippen LogP contribution is -2.41. The third-order valence-corrected chi connectivity index (χ3v) is 3.76. The second kappa shape index (κ2) is 7.57. The molecule has 8 heteroatoms. The molecule has 0 saturated carbocycles. The molecule has 1 heterocycles. The number of nitriles is 1. The number of ether oxygens (including phenoxy) is 1. The predicted molar refractivity (Wildman–Crippen MR) is 86.5 cm³/mol. The van der Waals surface area contributed by atoms with Gasteiger partial charge >= 0.3 is 5.97 Å². The van der Waals surface area contributed by atoms with Crippen molar-refractivity contribution in [3.8, 4) is 6.07 Å². The number of para-hydroxylation sites is 1. The number of esters is 1. The fourth-order valence-corrected chi connectivity index (χ4v) is 2.46. The van der Waals surface area contributed by atoms with Gasteiger partial charge < -0.3 is 9.64 Å². The predicted octanol–water partition coefficient (Wildman–Crippen LogP) is 0.520. The summed E-state index contributed by atoms with van der Waals surface area (Å²) in [6.07, 6.45) is -0.885. The van der Waals surface area contributed by atoms with E-state index in [4.69, 9.17) is 10.00 Å². The number of amides is 2. The van der Waals surface area contributed by atoms with Crippen LogP contribution in [-0.4, -0.2) is 54.7 Å². The van der Waals surface area contributed by atoms with Crippen LogP contribution in [0.15, 0.2) is 24.3 Å². The standard InChI is InChI=1S/C17H17N3O5/c1-11(16(23)19(2)9-5-8-18)25-14(21)10-20-13-7-4-3-6-12(13)15(22)17(20)24/h3-4,6-7,11H,5,9-10H2,1-2H3/t11-/m1/s1. The number of carbonyl (C=O) groups excluding carboxylic acids is 4. The van der Waals surface area contributed by atoms with Gasteiger partial charge in [-0.25, -0.2) is 0 Å². The number of benzene rings is 1. The van der Waals surface area contributed by atoms with Gasteiger partial charge in [0.05, 0.1) is 23.7 Å². The average molecular weight is 343 g/mol. The minimum Gasteiger partial charge on any atom is -0.451 e. The highest BCUT2D eigenvalue weighted by molar-refractivity contribution is 6.52. The zero-order valence-corrected chi connectivity index (χ0v) is 13.9. The van der Waals surface area contributed by atoms with Crippen molar-refractivity contribution in [2.45, 2.75) is 19.4 Å². The van der Waals surface area contributed by atoms with Gasteiger partial charge in [-0.15, -0.1) is 0 Å². The third kappa shape index (κ3) is 3.83. The van der Waals surface area contributed by atoms with Crippen molar-refractivity contribution in [1.82, 2.24) is 4.90 Å². The maximum Gasteiger partial charge on any atom is 0.326 e. The van der Waals surface area contributed by atoms with E-state index >= 15 is 0 Å². The Bertz CT molecular complexity index is 768. The van der Waals surface area contributed by atoms with Gasteiger partial charge in [0, 0.05) is 13.6 Å². The van der Waals surface area contributed by atoms with E-state index in [1.54, 1.807) is 18.2 Å². The van der Waals surface area contributed by atoms with E-state index in [1.807, 2.05) is 6.07 Å². The van der Waals surface area contributed by atoms with E-state index in [0.717, 1.165) is 4.90 Å². The van der Waals surface area contributed by atoms with Gasteiger partial charge in [-0.1, -0.05) is 12.1 Å². The average Bonchev–Trinajstić information content (AvgIpc) is 2.84. The normalized spacial score (nSPS) is 13.9. The van der Waals surface area contributed by atoms with Crippen LogP contribution in [0.4, 0.5) is 5.69 Å². The van der Waals surface area contributed by atoms with Crippen LogP contribution in [0, 0.1) is 11.3 Å². The molecular formula is C17H17N3O5. The Morgan fingerprint density at radius 3 is 2.68 bits per heavy atom. The molecule has 0 aliphatic carbocycles. The van der Waals surface area contributed by atoms with Crippen molar-refractivity contribution < 1.29 is 23.9 Å². The molecule has 130 valence electrons. The number of ketones is 1. The molecule has 0 aromatic heterocycles. The number of hydrogen-bond donors (Lipinski definition) is 0. The summed E-state index contributed by atoms with van der Waals surface area (Å²) in [6.45, 7) is 1.18. The van der Waals surface area contributed by atoms with Crippen LogP contribution >= 0.6 is 0 Å². The van der Waals surface area contributed by atoms with Crippen LogP contribution in [0.2, 0.25) is 0 Å². The number of hydrogen-bond acceptors (Lipinski definition) is 6. The van der Waals surface area contributed by atoms with Crippen LogP contribution in [0.1, 0.15) is 23.7 Å². The number of nitrogens with zero attached hydrogens (tertiary/aromatic N) is 3. The van der Waals surface area contributed by atoms with Gasteiger partial charge in [0.2, 0.25) is 0 Å². The fourth-order valence-electron chi connectivity index (χ4n) is 2.46. The van der Waals surface area contributed by atoms with Crippen LogP contribution in [-0.2, 0) is 19.1 Å². The molecule has 0 unspecified atom stereocenters. The molecule has 1 atom stereocenters. The molecule has 0 bridgehead atoms.